The zero-order valence-corrected chi connectivity index (χ0v) is 33.7. The number of rotatable bonds is 6. The van der Waals surface area contributed by atoms with Crippen LogP contribution < -0.4 is 4.90 Å². The minimum absolute atomic E-state index is 1.18. The van der Waals surface area contributed by atoms with E-state index < -0.39 is 0 Å². The summed E-state index contributed by atoms with van der Waals surface area (Å²) in [4.78, 5) is 2.64. The number of hydrogen-bond donors (Lipinski definition) is 0. The molecule has 0 N–H and O–H groups in total. The Morgan fingerprint density at radius 2 is 0.828 bits per heavy atom. The molecule has 0 aliphatic heterocycles. The van der Waals surface area contributed by atoms with Gasteiger partial charge < -0.3 is 4.90 Å². The standard InChI is InChI=1S/C54H33NS3/c1-4-15-34(16-5-1)37-27-28-42-49(33-37)58-54-39(36-19-8-3-9-20-36)29-31-44(51(42)54)55(43-23-14-26-47-50(43)40-21-10-12-24-45(40)56-47)53-38(35-17-6-2-7-18-35)30-32-48-52(53)41-22-11-13-25-46(41)57-48/h1-33H. The van der Waals surface area contributed by atoms with E-state index in [2.05, 4.69) is 205 Å². The molecule has 12 aromatic rings. The van der Waals surface area contributed by atoms with Gasteiger partial charge in [0.2, 0.25) is 0 Å². The second-order valence-corrected chi connectivity index (χ2v) is 18.0. The van der Waals surface area contributed by atoms with E-state index in [0.29, 0.717) is 0 Å². The monoisotopic (exact) mass is 791 g/mol. The first-order chi connectivity index (χ1) is 28.8. The fourth-order valence-corrected chi connectivity index (χ4v) is 12.4. The average molecular weight is 792 g/mol. The van der Waals surface area contributed by atoms with Gasteiger partial charge in [0.25, 0.3) is 0 Å². The van der Waals surface area contributed by atoms with Gasteiger partial charge >= 0.3 is 0 Å². The van der Waals surface area contributed by atoms with E-state index in [1.165, 1.54) is 111 Å². The Morgan fingerprint density at radius 1 is 0.293 bits per heavy atom. The highest BCUT2D eigenvalue weighted by Crippen LogP contribution is 2.55. The summed E-state index contributed by atoms with van der Waals surface area (Å²) in [5, 5.41) is 7.67. The van der Waals surface area contributed by atoms with Gasteiger partial charge in [0.15, 0.2) is 0 Å². The van der Waals surface area contributed by atoms with Crippen molar-refractivity contribution in [1.29, 1.82) is 0 Å². The largest absolute Gasteiger partial charge is 0.308 e. The molecule has 272 valence electrons. The second kappa shape index (κ2) is 13.5. The molecule has 3 heterocycles. The molecular formula is C54H33NS3. The highest BCUT2D eigenvalue weighted by atomic mass is 32.1. The van der Waals surface area contributed by atoms with Crippen LogP contribution in [0.3, 0.4) is 0 Å². The summed E-state index contributed by atoms with van der Waals surface area (Å²) in [7, 11) is 0. The Labute approximate surface area is 347 Å². The Kier molecular flexibility index (Phi) is 7.83. The number of thiophene rings is 3. The number of fused-ring (bicyclic) bond motifs is 9. The normalized spacial score (nSPS) is 11.8. The van der Waals surface area contributed by atoms with Crippen molar-refractivity contribution in [3.05, 3.63) is 200 Å². The predicted octanol–water partition coefficient (Wildman–Crippen LogP) is 17.3. The smallest absolute Gasteiger partial charge is 0.0633 e. The Balaban J connectivity index is 1.27. The van der Waals surface area contributed by atoms with Crippen LogP contribution in [0, 0.1) is 0 Å². The summed E-state index contributed by atoms with van der Waals surface area (Å²) in [5.41, 5.74) is 10.9. The maximum Gasteiger partial charge on any atom is 0.0633 e. The van der Waals surface area contributed by atoms with Gasteiger partial charge in [-0.15, -0.1) is 34.0 Å². The van der Waals surface area contributed by atoms with Crippen LogP contribution >= 0.6 is 34.0 Å². The van der Waals surface area contributed by atoms with Crippen molar-refractivity contribution in [2.24, 2.45) is 0 Å². The van der Waals surface area contributed by atoms with Crippen LogP contribution in [0.5, 0.6) is 0 Å². The number of hydrogen-bond acceptors (Lipinski definition) is 4. The maximum absolute atomic E-state index is 2.64. The first-order valence-corrected chi connectivity index (χ1v) is 22.0. The van der Waals surface area contributed by atoms with E-state index in [1.54, 1.807) is 0 Å². The van der Waals surface area contributed by atoms with Crippen molar-refractivity contribution in [2.75, 3.05) is 4.90 Å². The van der Waals surface area contributed by atoms with Gasteiger partial charge in [-0.1, -0.05) is 158 Å². The molecular weight excluding hydrogens is 759 g/mol. The number of benzene rings is 9. The highest BCUT2D eigenvalue weighted by molar-refractivity contribution is 7.27. The van der Waals surface area contributed by atoms with E-state index in [-0.39, 0.29) is 0 Å². The molecule has 0 unspecified atom stereocenters. The Morgan fingerprint density at radius 3 is 1.53 bits per heavy atom. The molecule has 0 aliphatic rings. The molecule has 1 nitrogen and oxygen atoms in total. The first kappa shape index (κ1) is 33.6. The SMILES string of the molecule is c1ccc(-c2ccc3c(c2)sc2c(-c4ccccc4)ccc(N(c4cccc5sc6ccccc6c45)c4c(-c5ccccc5)ccc5sc6ccccc6c45)c23)cc1. The van der Waals surface area contributed by atoms with Crippen LogP contribution in [0.1, 0.15) is 0 Å². The molecule has 0 amide bonds. The van der Waals surface area contributed by atoms with Crippen molar-refractivity contribution in [3.8, 4) is 33.4 Å². The van der Waals surface area contributed by atoms with Gasteiger partial charge in [-0.05, 0) is 70.3 Å². The van der Waals surface area contributed by atoms with Gasteiger partial charge in [-0.3, -0.25) is 0 Å². The molecule has 0 fully saturated rings. The summed E-state index contributed by atoms with van der Waals surface area (Å²) in [5.74, 6) is 0. The first-order valence-electron chi connectivity index (χ1n) is 19.6. The molecule has 58 heavy (non-hydrogen) atoms. The Hall–Kier alpha value is -6.56. The predicted molar refractivity (Wildman–Crippen MR) is 256 cm³/mol. The van der Waals surface area contributed by atoms with E-state index in [9.17, 15) is 0 Å². The van der Waals surface area contributed by atoms with Gasteiger partial charge in [-0.2, -0.15) is 0 Å². The zero-order valence-electron chi connectivity index (χ0n) is 31.2. The lowest BCUT2D eigenvalue weighted by Crippen LogP contribution is -2.12. The lowest BCUT2D eigenvalue weighted by atomic mass is 9.95. The molecule has 0 bridgehead atoms. The quantitative estimate of drug-likeness (QED) is 0.162. The maximum atomic E-state index is 2.64. The van der Waals surface area contributed by atoms with E-state index in [0.717, 1.165) is 0 Å². The van der Waals surface area contributed by atoms with Crippen molar-refractivity contribution in [3.63, 3.8) is 0 Å². The van der Waals surface area contributed by atoms with Crippen molar-refractivity contribution in [2.45, 2.75) is 0 Å². The van der Waals surface area contributed by atoms with Gasteiger partial charge in [0, 0.05) is 66.1 Å². The van der Waals surface area contributed by atoms with E-state index in [4.69, 9.17) is 0 Å². The third kappa shape index (κ3) is 5.26. The molecule has 12 rings (SSSR count). The van der Waals surface area contributed by atoms with Gasteiger partial charge in [0.05, 0.1) is 17.1 Å². The Bertz CT molecular complexity index is 3500. The summed E-state index contributed by atoms with van der Waals surface area (Å²) in [6, 6.07) is 73.9. The molecule has 0 aliphatic carbocycles. The van der Waals surface area contributed by atoms with Crippen LogP contribution in [-0.2, 0) is 0 Å². The lowest BCUT2D eigenvalue weighted by Gasteiger charge is -2.31. The molecule has 0 spiro atoms. The number of anilines is 3. The third-order valence-corrected chi connectivity index (χ3v) is 14.9. The van der Waals surface area contributed by atoms with Crippen LogP contribution in [0.2, 0.25) is 0 Å². The third-order valence-electron chi connectivity index (χ3n) is 11.5. The van der Waals surface area contributed by atoms with Crippen LogP contribution in [0.4, 0.5) is 17.1 Å². The molecule has 0 saturated carbocycles. The molecule has 0 saturated heterocycles. The summed E-state index contributed by atoms with van der Waals surface area (Å²) < 4.78 is 7.73. The average Bonchev–Trinajstić information content (AvgIpc) is 3.99. The van der Waals surface area contributed by atoms with E-state index >= 15 is 0 Å². The summed E-state index contributed by atoms with van der Waals surface area (Å²) in [6.07, 6.45) is 0. The van der Waals surface area contributed by atoms with Crippen LogP contribution in [-0.4, -0.2) is 0 Å². The molecule has 9 aromatic carbocycles. The fourth-order valence-electron chi connectivity index (χ4n) is 8.90. The van der Waals surface area contributed by atoms with Gasteiger partial charge in [0.1, 0.15) is 0 Å². The van der Waals surface area contributed by atoms with Crippen molar-refractivity contribution >= 4 is 112 Å². The minimum atomic E-state index is 1.18. The topological polar surface area (TPSA) is 3.24 Å². The molecule has 0 radical (unpaired) electrons. The highest BCUT2D eigenvalue weighted by Gasteiger charge is 2.28. The van der Waals surface area contributed by atoms with E-state index in [1.807, 2.05) is 34.0 Å². The summed E-state index contributed by atoms with van der Waals surface area (Å²) in [6.45, 7) is 0. The molecule has 4 heteroatoms. The molecule has 3 aromatic heterocycles. The minimum Gasteiger partial charge on any atom is -0.308 e. The number of nitrogens with zero attached hydrogens (tertiary/aromatic N) is 1. The molecule has 0 atom stereocenters. The van der Waals surface area contributed by atoms with Crippen LogP contribution in [0.15, 0.2) is 200 Å². The fraction of sp³-hybridized carbons (Fsp3) is 0. The summed E-state index contributed by atoms with van der Waals surface area (Å²) >= 11 is 5.66. The van der Waals surface area contributed by atoms with Crippen molar-refractivity contribution in [1.82, 2.24) is 0 Å². The van der Waals surface area contributed by atoms with Crippen molar-refractivity contribution < 1.29 is 0 Å². The second-order valence-electron chi connectivity index (χ2n) is 14.8. The lowest BCUT2D eigenvalue weighted by molar-refractivity contribution is 1.34. The van der Waals surface area contributed by atoms with Gasteiger partial charge in [-0.25, -0.2) is 0 Å². The zero-order chi connectivity index (χ0) is 38.2. The van der Waals surface area contributed by atoms with Crippen LogP contribution in [0.25, 0.3) is 93.9 Å².